The molecule has 0 radical (unpaired) electrons. The first-order valence-corrected chi connectivity index (χ1v) is 6.47. The maximum Gasteiger partial charge on any atom is 0.471 e. The van der Waals surface area contributed by atoms with Gasteiger partial charge in [0.05, 0.1) is 0 Å². The van der Waals surface area contributed by atoms with Crippen molar-refractivity contribution in [2.75, 3.05) is 11.9 Å². The Kier molecular flexibility index (Phi) is 6.01. The third kappa shape index (κ3) is 6.06. The van der Waals surface area contributed by atoms with Crippen LogP contribution in [0.5, 0.6) is 0 Å². The zero-order chi connectivity index (χ0) is 15.2. The van der Waals surface area contributed by atoms with Crippen LogP contribution < -0.4 is 10.6 Å². The molecule has 0 aliphatic rings. The molecule has 3 nitrogen and oxygen atoms in total. The Morgan fingerprint density at radius 2 is 2.00 bits per heavy atom. The van der Waals surface area contributed by atoms with Crippen molar-refractivity contribution < 1.29 is 18.0 Å². The van der Waals surface area contributed by atoms with E-state index in [1.54, 1.807) is 12.1 Å². The molecule has 0 unspecified atom stereocenters. The molecule has 112 valence electrons. The Balaban J connectivity index is 2.51. The maximum atomic E-state index is 12.1. The first-order valence-electron chi connectivity index (χ1n) is 6.47. The summed E-state index contributed by atoms with van der Waals surface area (Å²) in [5.41, 5.74) is 0.976. The third-order valence-electron chi connectivity index (χ3n) is 2.67. The summed E-state index contributed by atoms with van der Waals surface area (Å²) in [5, 5.41) is 5.05. The van der Waals surface area contributed by atoms with E-state index >= 15 is 0 Å². The van der Waals surface area contributed by atoms with Crippen molar-refractivity contribution in [3.8, 4) is 0 Å². The quantitative estimate of drug-likeness (QED) is 0.788. The zero-order valence-corrected chi connectivity index (χ0v) is 11.6. The van der Waals surface area contributed by atoms with Gasteiger partial charge in [-0.25, -0.2) is 0 Å². The van der Waals surface area contributed by atoms with Gasteiger partial charge in [0.1, 0.15) is 0 Å². The maximum absolute atomic E-state index is 12.1. The minimum atomic E-state index is -4.87. The van der Waals surface area contributed by atoms with Gasteiger partial charge in [-0.1, -0.05) is 26.0 Å². The fraction of sp³-hybridized carbons (Fsp3) is 0.500. The van der Waals surface area contributed by atoms with Gasteiger partial charge < -0.3 is 10.6 Å². The van der Waals surface area contributed by atoms with E-state index in [0.717, 1.165) is 18.5 Å². The van der Waals surface area contributed by atoms with Crippen LogP contribution in [0.3, 0.4) is 0 Å². The number of nitrogens with one attached hydrogen (secondary N) is 2. The van der Waals surface area contributed by atoms with Gasteiger partial charge in [0.2, 0.25) is 0 Å². The van der Waals surface area contributed by atoms with Gasteiger partial charge in [-0.2, -0.15) is 13.2 Å². The van der Waals surface area contributed by atoms with E-state index in [2.05, 4.69) is 19.2 Å². The predicted octanol–water partition coefficient (Wildman–Crippen LogP) is 3.32. The highest BCUT2D eigenvalue weighted by molar-refractivity contribution is 5.94. The van der Waals surface area contributed by atoms with Crippen molar-refractivity contribution in [1.82, 2.24) is 5.32 Å². The second kappa shape index (κ2) is 7.28. The van der Waals surface area contributed by atoms with Gasteiger partial charge >= 0.3 is 12.1 Å². The molecule has 0 aliphatic carbocycles. The smallest absolute Gasteiger partial charge is 0.318 e. The van der Waals surface area contributed by atoms with E-state index in [-0.39, 0.29) is 5.69 Å². The molecule has 1 rings (SSSR count). The number of hydrogen-bond acceptors (Lipinski definition) is 2. The van der Waals surface area contributed by atoms with E-state index in [1.807, 2.05) is 5.32 Å². The van der Waals surface area contributed by atoms with Crippen molar-refractivity contribution in [1.29, 1.82) is 0 Å². The average Bonchev–Trinajstić information content (AvgIpc) is 2.34. The summed E-state index contributed by atoms with van der Waals surface area (Å²) >= 11 is 0. The monoisotopic (exact) mass is 288 g/mol. The normalized spacial score (nSPS) is 11.7. The molecule has 0 atom stereocenters. The van der Waals surface area contributed by atoms with Gasteiger partial charge in [0, 0.05) is 12.2 Å². The lowest BCUT2D eigenvalue weighted by Crippen LogP contribution is -2.30. The van der Waals surface area contributed by atoms with Crippen molar-refractivity contribution >= 4 is 11.6 Å². The van der Waals surface area contributed by atoms with Crippen molar-refractivity contribution in [3.05, 3.63) is 29.8 Å². The van der Waals surface area contributed by atoms with E-state index in [9.17, 15) is 18.0 Å². The van der Waals surface area contributed by atoms with Crippen LogP contribution >= 0.6 is 0 Å². The summed E-state index contributed by atoms with van der Waals surface area (Å²) in [6.45, 7) is 5.64. The highest BCUT2D eigenvalue weighted by Crippen LogP contribution is 2.18. The first-order chi connectivity index (χ1) is 9.29. The molecular formula is C14H19F3N2O. The number of carbonyl (C=O) groups is 1. The summed E-state index contributed by atoms with van der Waals surface area (Å²) in [6.07, 6.45) is -3.84. The Morgan fingerprint density at radius 1 is 1.30 bits per heavy atom. The number of anilines is 1. The van der Waals surface area contributed by atoms with Gasteiger partial charge in [-0.15, -0.1) is 0 Å². The topological polar surface area (TPSA) is 41.1 Å². The van der Waals surface area contributed by atoms with E-state index < -0.39 is 12.1 Å². The van der Waals surface area contributed by atoms with Crippen molar-refractivity contribution in [2.45, 2.75) is 33.0 Å². The van der Waals surface area contributed by atoms with Crippen LogP contribution in [0.4, 0.5) is 18.9 Å². The van der Waals surface area contributed by atoms with Crippen LogP contribution in [-0.4, -0.2) is 18.6 Å². The molecule has 0 aliphatic heterocycles. The third-order valence-corrected chi connectivity index (χ3v) is 2.67. The Morgan fingerprint density at radius 3 is 2.60 bits per heavy atom. The van der Waals surface area contributed by atoms with Gasteiger partial charge in [-0.3, -0.25) is 4.79 Å². The summed E-state index contributed by atoms with van der Waals surface area (Å²) in [4.78, 5) is 10.8. The van der Waals surface area contributed by atoms with Crippen LogP contribution in [-0.2, 0) is 11.3 Å². The fourth-order valence-corrected chi connectivity index (χ4v) is 1.58. The number of benzene rings is 1. The van der Waals surface area contributed by atoms with Crippen molar-refractivity contribution in [2.24, 2.45) is 5.92 Å². The molecule has 0 fully saturated rings. The van der Waals surface area contributed by atoms with Crippen LogP contribution in [0.2, 0.25) is 0 Å². The van der Waals surface area contributed by atoms with Gasteiger partial charge in [0.25, 0.3) is 0 Å². The van der Waals surface area contributed by atoms with Gasteiger partial charge in [0.15, 0.2) is 0 Å². The van der Waals surface area contributed by atoms with E-state index in [1.165, 1.54) is 12.1 Å². The Bertz CT molecular complexity index is 444. The molecule has 0 saturated carbocycles. The fourth-order valence-electron chi connectivity index (χ4n) is 1.58. The largest absolute Gasteiger partial charge is 0.471 e. The molecule has 1 amide bonds. The molecule has 0 heterocycles. The molecule has 20 heavy (non-hydrogen) atoms. The van der Waals surface area contributed by atoms with Crippen LogP contribution in [0, 0.1) is 5.92 Å². The Labute approximate surface area is 116 Å². The van der Waals surface area contributed by atoms with Crippen molar-refractivity contribution in [3.63, 3.8) is 0 Å². The first kappa shape index (κ1) is 16.5. The minimum Gasteiger partial charge on any atom is -0.318 e. The molecule has 1 aromatic carbocycles. The molecule has 0 aromatic heterocycles. The molecule has 2 N–H and O–H groups in total. The highest BCUT2D eigenvalue weighted by atomic mass is 19.4. The molecule has 0 bridgehead atoms. The zero-order valence-electron chi connectivity index (χ0n) is 11.6. The number of alkyl halides is 3. The van der Waals surface area contributed by atoms with Crippen LogP contribution in [0.15, 0.2) is 24.3 Å². The molecule has 0 saturated heterocycles. The average molecular weight is 288 g/mol. The number of carbonyl (C=O) groups excluding carboxylic acids is 1. The SMILES string of the molecule is CC(C)CCNCc1cccc(NC(=O)C(F)(F)F)c1. The molecular weight excluding hydrogens is 269 g/mol. The summed E-state index contributed by atoms with van der Waals surface area (Å²) in [7, 11) is 0. The van der Waals surface area contributed by atoms with Gasteiger partial charge in [-0.05, 0) is 36.6 Å². The minimum absolute atomic E-state index is 0.149. The number of hydrogen-bond donors (Lipinski definition) is 2. The molecule has 1 aromatic rings. The lowest BCUT2D eigenvalue weighted by Gasteiger charge is -2.10. The number of rotatable bonds is 6. The predicted molar refractivity (Wildman–Crippen MR) is 72.3 cm³/mol. The standard InChI is InChI=1S/C14H19F3N2O/c1-10(2)6-7-18-9-11-4-3-5-12(8-11)19-13(20)14(15,16)17/h3-5,8,10,18H,6-7,9H2,1-2H3,(H,19,20). The number of amides is 1. The lowest BCUT2D eigenvalue weighted by molar-refractivity contribution is -0.167. The second-order valence-corrected chi connectivity index (χ2v) is 5.01. The van der Waals surface area contributed by atoms with Crippen LogP contribution in [0.25, 0.3) is 0 Å². The Hall–Kier alpha value is -1.56. The summed E-state index contributed by atoms with van der Waals surface area (Å²) in [6, 6.07) is 6.38. The summed E-state index contributed by atoms with van der Waals surface area (Å²) < 4.78 is 36.4. The number of halogens is 3. The summed E-state index contributed by atoms with van der Waals surface area (Å²) in [5.74, 6) is -1.36. The van der Waals surface area contributed by atoms with Crippen LogP contribution in [0.1, 0.15) is 25.8 Å². The molecule has 0 spiro atoms. The lowest BCUT2D eigenvalue weighted by atomic mass is 10.1. The highest BCUT2D eigenvalue weighted by Gasteiger charge is 2.38. The second-order valence-electron chi connectivity index (χ2n) is 5.01. The van der Waals surface area contributed by atoms with E-state index in [4.69, 9.17) is 0 Å². The van der Waals surface area contributed by atoms with E-state index in [0.29, 0.717) is 12.5 Å². The molecule has 6 heteroatoms.